The Morgan fingerprint density at radius 2 is 1.83 bits per heavy atom. The first-order chi connectivity index (χ1) is 14.1. The van der Waals surface area contributed by atoms with E-state index in [9.17, 15) is 9.59 Å². The Morgan fingerprint density at radius 3 is 2.59 bits per heavy atom. The quantitative estimate of drug-likeness (QED) is 0.707. The number of aryl methyl sites for hydroxylation is 1. The van der Waals surface area contributed by atoms with Gasteiger partial charge in [0.25, 0.3) is 11.8 Å². The fourth-order valence-electron chi connectivity index (χ4n) is 3.44. The number of aromatic nitrogens is 2. The fraction of sp³-hybridized carbons (Fsp3) is 0.273. The van der Waals surface area contributed by atoms with Crippen molar-refractivity contribution in [1.29, 1.82) is 0 Å². The van der Waals surface area contributed by atoms with Crippen molar-refractivity contribution in [1.82, 2.24) is 15.1 Å². The van der Waals surface area contributed by atoms with Crippen LogP contribution in [-0.2, 0) is 0 Å². The van der Waals surface area contributed by atoms with Crippen LogP contribution in [0.25, 0.3) is 0 Å². The summed E-state index contributed by atoms with van der Waals surface area (Å²) in [7, 11) is 0. The summed E-state index contributed by atoms with van der Waals surface area (Å²) in [6.07, 6.45) is 1.85. The molecule has 0 spiro atoms. The van der Waals surface area contributed by atoms with Gasteiger partial charge in [0.15, 0.2) is 0 Å². The molecule has 1 aromatic heterocycles. The number of anilines is 1. The third-order valence-electron chi connectivity index (χ3n) is 5.02. The molecular formula is C22H22N4O2S. The monoisotopic (exact) mass is 406 g/mol. The summed E-state index contributed by atoms with van der Waals surface area (Å²) in [5.74, 6) is -0.112. The number of hydrogen-bond acceptors (Lipinski definition) is 5. The van der Waals surface area contributed by atoms with Crippen molar-refractivity contribution in [3.05, 3.63) is 75.7 Å². The predicted octanol–water partition coefficient (Wildman–Crippen LogP) is 4.12. The lowest BCUT2D eigenvalue weighted by molar-refractivity contribution is 0.0706. The minimum absolute atomic E-state index is 0.0428. The number of carbonyl (C=O) groups excluding carboxylic acids is 2. The number of carbonyl (C=O) groups is 2. The minimum atomic E-state index is -0.261. The van der Waals surface area contributed by atoms with Gasteiger partial charge in [-0.1, -0.05) is 47.2 Å². The van der Waals surface area contributed by atoms with Crippen LogP contribution >= 0.6 is 11.3 Å². The average molecular weight is 407 g/mol. The van der Waals surface area contributed by atoms with Crippen LogP contribution in [0.4, 0.5) is 5.69 Å². The standard InChI is InChI=1S/C22H22N4O2S/c1-15-9-11-16(12-10-15)22(28)26-13-5-6-17(14-26)20-24-25-21(29-20)19(27)23-18-7-3-2-4-8-18/h2-4,7-12,17H,5-6,13-14H2,1H3,(H,23,27)/t17-/m0/s1. The molecule has 7 heteroatoms. The maximum atomic E-state index is 12.8. The molecule has 0 saturated carbocycles. The highest BCUT2D eigenvalue weighted by molar-refractivity contribution is 7.13. The maximum Gasteiger partial charge on any atom is 0.286 e. The number of nitrogens with one attached hydrogen (secondary N) is 1. The van der Waals surface area contributed by atoms with Gasteiger partial charge in [-0.05, 0) is 44.0 Å². The fourth-order valence-corrected chi connectivity index (χ4v) is 4.30. The van der Waals surface area contributed by atoms with Crippen LogP contribution in [0.1, 0.15) is 49.5 Å². The van der Waals surface area contributed by atoms with Crippen LogP contribution in [0.5, 0.6) is 0 Å². The largest absolute Gasteiger partial charge is 0.338 e. The van der Waals surface area contributed by atoms with Crippen molar-refractivity contribution >= 4 is 28.8 Å². The van der Waals surface area contributed by atoms with Gasteiger partial charge in [-0.2, -0.15) is 0 Å². The molecule has 2 aromatic carbocycles. The molecule has 0 unspecified atom stereocenters. The van der Waals surface area contributed by atoms with Crippen LogP contribution in [0, 0.1) is 6.92 Å². The molecule has 1 saturated heterocycles. The molecule has 0 aliphatic carbocycles. The lowest BCUT2D eigenvalue weighted by atomic mass is 9.98. The number of hydrogen-bond donors (Lipinski definition) is 1. The molecule has 0 radical (unpaired) electrons. The first-order valence-corrected chi connectivity index (χ1v) is 10.5. The molecule has 1 aliphatic heterocycles. The Labute approximate surface area is 173 Å². The summed E-state index contributed by atoms with van der Waals surface area (Å²) in [6, 6.07) is 16.9. The second-order valence-electron chi connectivity index (χ2n) is 7.22. The summed E-state index contributed by atoms with van der Waals surface area (Å²) in [5.41, 5.74) is 2.56. The molecule has 3 aromatic rings. The van der Waals surface area contributed by atoms with E-state index in [1.807, 2.05) is 66.4 Å². The molecule has 6 nitrogen and oxygen atoms in total. The Morgan fingerprint density at radius 1 is 1.07 bits per heavy atom. The van der Waals surface area contributed by atoms with E-state index in [2.05, 4.69) is 15.5 Å². The predicted molar refractivity (Wildman–Crippen MR) is 113 cm³/mol. The smallest absolute Gasteiger partial charge is 0.286 e. The Kier molecular flexibility index (Phi) is 5.67. The summed E-state index contributed by atoms with van der Waals surface area (Å²) in [4.78, 5) is 27.1. The third kappa shape index (κ3) is 4.51. The van der Waals surface area contributed by atoms with E-state index in [1.165, 1.54) is 11.3 Å². The number of amides is 2. The number of benzene rings is 2. The van der Waals surface area contributed by atoms with Gasteiger partial charge in [0.05, 0.1) is 0 Å². The van der Waals surface area contributed by atoms with Gasteiger partial charge in [0.1, 0.15) is 5.01 Å². The molecule has 148 valence electrons. The van der Waals surface area contributed by atoms with Gasteiger partial charge in [-0.25, -0.2) is 0 Å². The maximum absolute atomic E-state index is 12.8. The number of likely N-dealkylation sites (tertiary alicyclic amines) is 1. The lowest BCUT2D eigenvalue weighted by Crippen LogP contribution is -2.39. The van der Waals surface area contributed by atoms with Gasteiger partial charge in [0.2, 0.25) is 5.01 Å². The average Bonchev–Trinajstić information content (AvgIpc) is 3.25. The molecule has 29 heavy (non-hydrogen) atoms. The number of para-hydroxylation sites is 1. The van der Waals surface area contributed by atoms with Crippen molar-refractivity contribution in [3.8, 4) is 0 Å². The van der Waals surface area contributed by atoms with Crippen LogP contribution < -0.4 is 5.32 Å². The Balaban J connectivity index is 1.43. The molecule has 4 rings (SSSR count). The van der Waals surface area contributed by atoms with Crippen LogP contribution in [0.2, 0.25) is 0 Å². The van der Waals surface area contributed by atoms with Gasteiger partial charge in [-0.3, -0.25) is 9.59 Å². The van der Waals surface area contributed by atoms with Crippen molar-refractivity contribution < 1.29 is 9.59 Å². The third-order valence-corrected chi connectivity index (χ3v) is 6.11. The topological polar surface area (TPSA) is 75.2 Å². The highest BCUT2D eigenvalue weighted by atomic mass is 32.1. The molecule has 1 fully saturated rings. The summed E-state index contributed by atoms with van der Waals surface area (Å²) in [6.45, 7) is 3.34. The SMILES string of the molecule is Cc1ccc(C(=O)N2CCC[C@H](c3nnc(C(=O)Nc4ccccc4)s3)C2)cc1. The summed E-state index contributed by atoms with van der Waals surface area (Å²) < 4.78 is 0. The van der Waals surface area contributed by atoms with Crippen LogP contribution in [-0.4, -0.2) is 40.0 Å². The van der Waals surface area contributed by atoms with E-state index in [0.29, 0.717) is 17.1 Å². The van der Waals surface area contributed by atoms with Gasteiger partial charge >= 0.3 is 0 Å². The molecule has 0 bridgehead atoms. The second kappa shape index (κ2) is 8.53. The Bertz CT molecular complexity index is 1000. The molecule has 2 heterocycles. The van der Waals surface area contributed by atoms with Gasteiger partial charge in [-0.15, -0.1) is 10.2 Å². The Hall–Kier alpha value is -3.06. The van der Waals surface area contributed by atoms with Crippen molar-refractivity contribution in [2.75, 3.05) is 18.4 Å². The van der Waals surface area contributed by atoms with Crippen molar-refractivity contribution in [2.45, 2.75) is 25.7 Å². The molecular weight excluding hydrogens is 384 g/mol. The first kappa shape index (κ1) is 19.3. The van der Waals surface area contributed by atoms with E-state index < -0.39 is 0 Å². The van der Waals surface area contributed by atoms with E-state index in [4.69, 9.17) is 0 Å². The molecule has 1 N–H and O–H groups in total. The highest BCUT2D eigenvalue weighted by Crippen LogP contribution is 2.30. The lowest BCUT2D eigenvalue weighted by Gasteiger charge is -2.31. The van der Waals surface area contributed by atoms with E-state index in [1.54, 1.807) is 0 Å². The van der Waals surface area contributed by atoms with Gasteiger partial charge < -0.3 is 10.2 Å². The minimum Gasteiger partial charge on any atom is -0.338 e. The summed E-state index contributed by atoms with van der Waals surface area (Å²) in [5, 5.41) is 12.3. The van der Waals surface area contributed by atoms with Crippen LogP contribution in [0.15, 0.2) is 54.6 Å². The normalized spacial score (nSPS) is 16.4. The van der Waals surface area contributed by atoms with Crippen LogP contribution in [0.3, 0.4) is 0 Å². The molecule has 1 aliphatic rings. The molecule has 2 amide bonds. The van der Waals surface area contributed by atoms with Crippen molar-refractivity contribution in [2.24, 2.45) is 0 Å². The second-order valence-corrected chi connectivity index (χ2v) is 8.23. The number of piperidine rings is 1. The zero-order valence-electron chi connectivity index (χ0n) is 16.2. The van der Waals surface area contributed by atoms with E-state index >= 15 is 0 Å². The van der Waals surface area contributed by atoms with E-state index in [0.717, 1.165) is 35.6 Å². The van der Waals surface area contributed by atoms with E-state index in [-0.39, 0.29) is 17.7 Å². The number of rotatable bonds is 4. The highest BCUT2D eigenvalue weighted by Gasteiger charge is 2.28. The number of nitrogens with zero attached hydrogens (tertiary/aromatic N) is 3. The molecule has 1 atom stereocenters. The summed E-state index contributed by atoms with van der Waals surface area (Å²) >= 11 is 1.31. The zero-order valence-corrected chi connectivity index (χ0v) is 17.0. The zero-order chi connectivity index (χ0) is 20.2. The first-order valence-electron chi connectivity index (χ1n) is 9.66. The van der Waals surface area contributed by atoms with Crippen molar-refractivity contribution in [3.63, 3.8) is 0 Å². The van der Waals surface area contributed by atoms with Gasteiger partial charge in [0, 0.05) is 30.3 Å².